The Balaban J connectivity index is 2.43. The van der Waals surface area contributed by atoms with E-state index in [2.05, 4.69) is 0 Å². The average molecular weight is 301 g/mol. The van der Waals surface area contributed by atoms with Gasteiger partial charge in [0.1, 0.15) is 5.56 Å². The summed E-state index contributed by atoms with van der Waals surface area (Å²) in [6.07, 6.45) is 0. The van der Waals surface area contributed by atoms with Crippen molar-refractivity contribution < 1.29 is 14.8 Å². The number of benzene rings is 2. The minimum Gasteiger partial charge on any atom is -0.264 e. The van der Waals surface area contributed by atoms with Gasteiger partial charge in [0.15, 0.2) is 0 Å². The van der Waals surface area contributed by atoms with E-state index in [9.17, 15) is 30.3 Å². The maximum atomic E-state index is 11.4. The molecule has 1 aliphatic rings. The second kappa shape index (κ2) is 4.58. The van der Waals surface area contributed by atoms with Crippen molar-refractivity contribution >= 4 is 11.4 Å². The fourth-order valence-electron chi connectivity index (χ4n) is 2.80. The standard InChI is InChI=1S/C13H7N3O6/c17-14(18)10-6-5-8-7-3-1-2-4-9(7)12(15(19)20)11(8)13(10)16(21)22/h1-6,12H. The summed E-state index contributed by atoms with van der Waals surface area (Å²) in [4.78, 5) is 31.2. The summed E-state index contributed by atoms with van der Waals surface area (Å²) in [7, 11) is 0. The van der Waals surface area contributed by atoms with Crippen LogP contribution < -0.4 is 0 Å². The van der Waals surface area contributed by atoms with Crippen LogP contribution in [0.3, 0.4) is 0 Å². The van der Waals surface area contributed by atoms with Gasteiger partial charge in [0.05, 0.1) is 9.85 Å². The highest BCUT2D eigenvalue weighted by atomic mass is 16.6. The second-order valence-corrected chi connectivity index (χ2v) is 4.68. The van der Waals surface area contributed by atoms with Crippen molar-refractivity contribution in [2.75, 3.05) is 0 Å². The monoisotopic (exact) mass is 301 g/mol. The molecule has 9 heteroatoms. The van der Waals surface area contributed by atoms with E-state index in [1.54, 1.807) is 18.2 Å². The number of nitrogens with zero attached hydrogens (tertiary/aromatic N) is 3. The smallest absolute Gasteiger partial charge is 0.264 e. The fourth-order valence-corrected chi connectivity index (χ4v) is 2.80. The molecule has 2 aromatic rings. The van der Waals surface area contributed by atoms with Crippen LogP contribution in [-0.2, 0) is 0 Å². The van der Waals surface area contributed by atoms with Crippen molar-refractivity contribution in [3.8, 4) is 11.1 Å². The lowest BCUT2D eigenvalue weighted by Crippen LogP contribution is -2.11. The van der Waals surface area contributed by atoms with Crippen molar-refractivity contribution in [1.82, 2.24) is 0 Å². The molecule has 0 aliphatic heterocycles. The van der Waals surface area contributed by atoms with Crippen LogP contribution in [0.25, 0.3) is 11.1 Å². The number of fused-ring (bicyclic) bond motifs is 3. The quantitative estimate of drug-likeness (QED) is 0.632. The molecule has 1 atom stereocenters. The van der Waals surface area contributed by atoms with Gasteiger partial charge in [-0.3, -0.25) is 30.3 Å². The minimum atomic E-state index is -1.48. The highest BCUT2D eigenvalue weighted by Gasteiger charge is 2.46. The van der Waals surface area contributed by atoms with Crippen LogP contribution >= 0.6 is 0 Å². The number of nitro benzene ring substituents is 2. The van der Waals surface area contributed by atoms with Crippen molar-refractivity contribution in [3.63, 3.8) is 0 Å². The van der Waals surface area contributed by atoms with Gasteiger partial charge in [-0.2, -0.15) is 0 Å². The van der Waals surface area contributed by atoms with Gasteiger partial charge >= 0.3 is 11.4 Å². The summed E-state index contributed by atoms with van der Waals surface area (Å²) < 4.78 is 0. The first-order valence-corrected chi connectivity index (χ1v) is 6.12. The fraction of sp³-hybridized carbons (Fsp3) is 0.0769. The van der Waals surface area contributed by atoms with Gasteiger partial charge in [-0.15, -0.1) is 0 Å². The highest BCUT2D eigenvalue weighted by Crippen LogP contribution is 2.51. The normalized spacial score (nSPS) is 15.0. The Morgan fingerprint density at radius 1 is 0.818 bits per heavy atom. The summed E-state index contributed by atoms with van der Waals surface area (Å²) >= 11 is 0. The molecule has 0 amide bonds. The highest BCUT2D eigenvalue weighted by molar-refractivity contribution is 5.84. The molecule has 110 valence electrons. The molecule has 0 bridgehead atoms. The van der Waals surface area contributed by atoms with Gasteiger partial charge in [-0.05, 0) is 11.6 Å². The molecule has 1 unspecified atom stereocenters. The van der Waals surface area contributed by atoms with Gasteiger partial charge in [-0.25, -0.2) is 0 Å². The van der Waals surface area contributed by atoms with Gasteiger partial charge in [0, 0.05) is 22.1 Å². The number of hydrogen-bond acceptors (Lipinski definition) is 6. The van der Waals surface area contributed by atoms with E-state index in [4.69, 9.17) is 0 Å². The van der Waals surface area contributed by atoms with Crippen LogP contribution in [0.5, 0.6) is 0 Å². The first kappa shape index (κ1) is 13.6. The Morgan fingerprint density at radius 2 is 1.50 bits per heavy atom. The summed E-state index contributed by atoms with van der Waals surface area (Å²) in [5.41, 5.74) is -0.730. The molecule has 22 heavy (non-hydrogen) atoms. The van der Waals surface area contributed by atoms with Crippen molar-refractivity contribution in [2.24, 2.45) is 0 Å². The maximum Gasteiger partial charge on any atom is 0.357 e. The Bertz CT molecular complexity index is 848. The largest absolute Gasteiger partial charge is 0.357 e. The van der Waals surface area contributed by atoms with E-state index in [0.717, 1.165) is 6.07 Å². The zero-order valence-electron chi connectivity index (χ0n) is 10.8. The van der Waals surface area contributed by atoms with E-state index < -0.39 is 32.2 Å². The van der Waals surface area contributed by atoms with Gasteiger partial charge in [-0.1, -0.05) is 24.3 Å². The third-order valence-corrected chi connectivity index (χ3v) is 3.60. The Morgan fingerprint density at radius 3 is 2.09 bits per heavy atom. The van der Waals surface area contributed by atoms with E-state index in [-0.39, 0.29) is 11.1 Å². The summed E-state index contributed by atoms with van der Waals surface area (Å²) in [6, 6.07) is 7.19. The van der Waals surface area contributed by atoms with Gasteiger partial charge in [0.2, 0.25) is 0 Å². The molecule has 0 fully saturated rings. The van der Waals surface area contributed by atoms with Crippen LogP contribution in [0.4, 0.5) is 11.4 Å². The number of nitro groups is 3. The Hall–Kier alpha value is -3.36. The molecule has 0 aromatic heterocycles. The summed E-state index contributed by atoms with van der Waals surface area (Å²) in [6.45, 7) is 0. The molecule has 9 nitrogen and oxygen atoms in total. The molecular weight excluding hydrogens is 294 g/mol. The molecule has 0 radical (unpaired) electrons. The summed E-state index contributed by atoms with van der Waals surface area (Å²) in [5, 5.41) is 33.7. The molecular formula is C13H7N3O6. The molecule has 2 aromatic carbocycles. The number of rotatable bonds is 3. The lowest BCUT2D eigenvalue weighted by Gasteiger charge is -2.05. The van der Waals surface area contributed by atoms with Crippen LogP contribution in [0.2, 0.25) is 0 Å². The van der Waals surface area contributed by atoms with E-state index in [1.165, 1.54) is 12.1 Å². The Labute approximate surface area is 122 Å². The van der Waals surface area contributed by atoms with E-state index in [0.29, 0.717) is 11.1 Å². The lowest BCUT2D eigenvalue weighted by molar-refractivity contribution is -0.518. The second-order valence-electron chi connectivity index (χ2n) is 4.68. The molecule has 0 heterocycles. The summed E-state index contributed by atoms with van der Waals surface area (Å²) in [5.74, 6) is 0. The first-order chi connectivity index (χ1) is 10.4. The molecule has 1 aliphatic carbocycles. The minimum absolute atomic E-state index is 0.231. The zero-order chi connectivity index (χ0) is 16.0. The first-order valence-electron chi connectivity index (χ1n) is 6.12. The van der Waals surface area contributed by atoms with Crippen LogP contribution in [0.1, 0.15) is 17.2 Å². The SMILES string of the molecule is O=[N+]([O-])c1ccc2c(c1[N+](=O)[O-])C([N+](=O)[O-])c1ccccc1-2. The van der Waals surface area contributed by atoms with Crippen LogP contribution in [0, 0.1) is 30.3 Å². The van der Waals surface area contributed by atoms with E-state index in [1.807, 2.05) is 0 Å². The molecule has 0 saturated heterocycles. The van der Waals surface area contributed by atoms with Crippen LogP contribution in [0.15, 0.2) is 36.4 Å². The van der Waals surface area contributed by atoms with Crippen LogP contribution in [-0.4, -0.2) is 14.8 Å². The van der Waals surface area contributed by atoms with Crippen molar-refractivity contribution in [1.29, 1.82) is 0 Å². The van der Waals surface area contributed by atoms with Gasteiger partial charge in [0.25, 0.3) is 6.04 Å². The number of hydrogen-bond donors (Lipinski definition) is 0. The Kier molecular flexibility index (Phi) is 2.84. The topological polar surface area (TPSA) is 129 Å². The lowest BCUT2D eigenvalue weighted by atomic mass is 10.0. The molecule has 3 rings (SSSR count). The maximum absolute atomic E-state index is 11.4. The zero-order valence-corrected chi connectivity index (χ0v) is 10.8. The predicted octanol–water partition coefficient (Wildman–Crippen LogP) is 2.85. The third kappa shape index (κ3) is 1.72. The van der Waals surface area contributed by atoms with Crippen molar-refractivity contribution in [2.45, 2.75) is 6.04 Å². The van der Waals surface area contributed by atoms with E-state index >= 15 is 0 Å². The van der Waals surface area contributed by atoms with Crippen molar-refractivity contribution in [3.05, 3.63) is 77.9 Å². The molecule has 0 saturated carbocycles. The third-order valence-electron chi connectivity index (χ3n) is 3.60. The predicted molar refractivity (Wildman–Crippen MR) is 74.0 cm³/mol. The molecule has 0 N–H and O–H groups in total. The average Bonchev–Trinajstić information content (AvgIpc) is 2.80. The van der Waals surface area contributed by atoms with Gasteiger partial charge < -0.3 is 0 Å². The molecule has 0 spiro atoms.